The molecule has 24 heavy (non-hydrogen) atoms. The van der Waals surface area contributed by atoms with E-state index in [-0.39, 0.29) is 49.0 Å². The van der Waals surface area contributed by atoms with Gasteiger partial charge in [-0.05, 0) is 24.7 Å². The number of hydrogen-bond donors (Lipinski definition) is 0. The smallest absolute Gasteiger partial charge is 0.322 e. The third kappa shape index (κ3) is 12.3. The van der Waals surface area contributed by atoms with Crippen LogP contribution in [0.4, 0.5) is 0 Å². The molecule has 10 heteroatoms. The summed E-state index contributed by atoms with van der Waals surface area (Å²) in [5.74, 6) is -2.61. The fraction of sp³-hybridized carbons (Fsp3) is 0.857. The number of carbonyl (C=O) groups is 2. The van der Waals surface area contributed by atoms with Crippen molar-refractivity contribution in [1.82, 2.24) is 0 Å². The molecule has 0 radical (unpaired) electrons. The molecule has 8 nitrogen and oxygen atoms in total. The van der Waals surface area contributed by atoms with E-state index in [9.17, 15) is 26.4 Å². The Morgan fingerprint density at radius 2 is 1.00 bits per heavy atom. The van der Waals surface area contributed by atoms with Gasteiger partial charge in [-0.1, -0.05) is 27.7 Å². The minimum Gasteiger partial charge on any atom is -0.346 e. The molecule has 0 atom stereocenters. The maximum Gasteiger partial charge on any atom is 0.322 e. The van der Waals surface area contributed by atoms with Gasteiger partial charge in [0, 0.05) is 12.8 Å². The van der Waals surface area contributed by atoms with Crippen LogP contribution in [0.5, 0.6) is 0 Å². The Morgan fingerprint density at radius 1 is 0.708 bits per heavy atom. The van der Waals surface area contributed by atoms with Crippen LogP contribution in [0, 0.1) is 11.8 Å². The molecule has 0 aliphatic rings. The van der Waals surface area contributed by atoms with Crippen molar-refractivity contribution in [3.05, 3.63) is 0 Å². The Bertz CT molecular complexity index is 561. The summed E-state index contributed by atoms with van der Waals surface area (Å²) in [7, 11) is -7.78. The average Bonchev–Trinajstić information content (AvgIpc) is 2.29. The molecule has 0 aliphatic heterocycles. The van der Waals surface area contributed by atoms with Crippen LogP contribution < -0.4 is 0 Å². The summed E-state index contributed by atoms with van der Waals surface area (Å²) in [5.41, 5.74) is 0. The second-order valence-electron chi connectivity index (χ2n) is 6.35. The van der Waals surface area contributed by atoms with Gasteiger partial charge >= 0.3 is 32.2 Å². The molecule has 0 saturated carbocycles. The summed E-state index contributed by atoms with van der Waals surface area (Å²) >= 11 is 0. The van der Waals surface area contributed by atoms with Crippen molar-refractivity contribution in [2.75, 3.05) is 11.5 Å². The van der Waals surface area contributed by atoms with E-state index in [1.807, 2.05) is 0 Å². The van der Waals surface area contributed by atoms with Crippen LogP contribution in [0.1, 0.15) is 53.4 Å². The number of unbranched alkanes of at least 4 members (excludes halogenated alkanes) is 1. The van der Waals surface area contributed by atoms with Crippen LogP contribution in [0.25, 0.3) is 0 Å². The highest BCUT2D eigenvalue weighted by molar-refractivity contribution is 7.87. The van der Waals surface area contributed by atoms with Gasteiger partial charge in [-0.2, -0.15) is 16.8 Å². The van der Waals surface area contributed by atoms with Gasteiger partial charge in [0.1, 0.15) is 0 Å². The van der Waals surface area contributed by atoms with Crippen molar-refractivity contribution in [2.45, 2.75) is 53.4 Å². The molecule has 0 rings (SSSR count). The average molecular weight is 386 g/mol. The molecule has 0 aromatic rings. The van der Waals surface area contributed by atoms with Crippen molar-refractivity contribution in [1.29, 1.82) is 0 Å². The molecule has 0 unspecified atom stereocenters. The number of hydrogen-bond acceptors (Lipinski definition) is 8. The number of carbonyl (C=O) groups excluding carboxylic acids is 2. The van der Waals surface area contributed by atoms with E-state index < -0.39 is 32.2 Å². The molecule has 0 aromatic heterocycles. The molecular formula is C14H26O8S2. The van der Waals surface area contributed by atoms with Gasteiger partial charge in [-0.15, -0.1) is 0 Å². The van der Waals surface area contributed by atoms with E-state index in [1.54, 1.807) is 27.7 Å². The molecule has 0 aromatic carbocycles. The van der Waals surface area contributed by atoms with Gasteiger partial charge in [-0.3, -0.25) is 9.59 Å². The molecule has 0 amide bonds. The maximum absolute atomic E-state index is 11.5. The van der Waals surface area contributed by atoms with Gasteiger partial charge in [0.2, 0.25) is 0 Å². The van der Waals surface area contributed by atoms with Crippen molar-refractivity contribution in [2.24, 2.45) is 11.8 Å². The zero-order chi connectivity index (χ0) is 19.0. The Hall–Kier alpha value is -1.16. The Balaban J connectivity index is 4.09. The van der Waals surface area contributed by atoms with Crippen LogP contribution in [0.2, 0.25) is 0 Å². The minimum absolute atomic E-state index is 0.162. The lowest BCUT2D eigenvalue weighted by molar-refractivity contribution is -0.136. The van der Waals surface area contributed by atoms with Gasteiger partial charge in [0.25, 0.3) is 0 Å². The lowest BCUT2D eigenvalue weighted by Gasteiger charge is -2.08. The SMILES string of the molecule is CC(C)CS(=O)(=O)OC(=O)CCCCC(=O)OS(=O)(=O)CC(C)C. The predicted molar refractivity (Wildman–Crippen MR) is 87.9 cm³/mol. The summed E-state index contributed by atoms with van der Waals surface area (Å²) in [6.45, 7) is 6.74. The summed E-state index contributed by atoms with van der Waals surface area (Å²) in [5, 5.41) is 0. The van der Waals surface area contributed by atoms with Gasteiger partial charge < -0.3 is 8.37 Å². The molecule has 0 spiro atoms. The standard InChI is InChI=1S/C14H26O8S2/c1-11(2)9-23(17,18)21-13(15)7-5-6-8-14(16)22-24(19,20)10-12(3)4/h11-12H,5-10H2,1-4H3. The zero-order valence-corrected chi connectivity index (χ0v) is 16.1. The first kappa shape index (κ1) is 22.8. The molecule has 0 N–H and O–H groups in total. The highest BCUT2D eigenvalue weighted by atomic mass is 32.2. The van der Waals surface area contributed by atoms with Crippen LogP contribution >= 0.6 is 0 Å². The quantitative estimate of drug-likeness (QED) is 0.388. The molecule has 0 heterocycles. The maximum atomic E-state index is 11.5. The summed E-state index contributed by atoms with van der Waals surface area (Å²) in [6, 6.07) is 0. The normalized spacial score (nSPS) is 12.4. The Morgan fingerprint density at radius 3 is 1.25 bits per heavy atom. The fourth-order valence-electron chi connectivity index (χ4n) is 1.79. The first-order valence-corrected chi connectivity index (χ1v) is 10.9. The first-order valence-electron chi connectivity index (χ1n) is 7.73. The minimum atomic E-state index is -3.89. The third-order valence-electron chi connectivity index (χ3n) is 2.53. The largest absolute Gasteiger partial charge is 0.346 e. The van der Waals surface area contributed by atoms with Gasteiger partial charge in [0.05, 0.1) is 11.5 Å². The van der Waals surface area contributed by atoms with Crippen LogP contribution in [0.3, 0.4) is 0 Å². The van der Waals surface area contributed by atoms with Crippen LogP contribution in [-0.4, -0.2) is 40.3 Å². The molecular weight excluding hydrogens is 360 g/mol. The van der Waals surface area contributed by atoms with E-state index in [4.69, 9.17) is 0 Å². The molecule has 0 saturated heterocycles. The second-order valence-corrected chi connectivity index (χ2v) is 9.58. The highest BCUT2D eigenvalue weighted by Gasteiger charge is 2.20. The predicted octanol–water partition coefficient (Wildman–Crippen LogP) is 1.60. The monoisotopic (exact) mass is 386 g/mol. The Labute approximate surface area is 144 Å². The van der Waals surface area contributed by atoms with Crippen LogP contribution in [0.15, 0.2) is 0 Å². The van der Waals surface area contributed by atoms with E-state index >= 15 is 0 Å². The topological polar surface area (TPSA) is 121 Å². The molecule has 0 aliphatic carbocycles. The van der Waals surface area contributed by atoms with Gasteiger partial charge in [-0.25, -0.2) is 0 Å². The van der Waals surface area contributed by atoms with E-state index in [0.717, 1.165) is 0 Å². The zero-order valence-electron chi connectivity index (χ0n) is 14.5. The number of rotatable bonds is 11. The summed E-state index contributed by atoms with van der Waals surface area (Å²) < 4.78 is 54.6. The lowest BCUT2D eigenvalue weighted by atomic mass is 10.2. The lowest BCUT2D eigenvalue weighted by Crippen LogP contribution is -2.19. The molecule has 0 fully saturated rings. The van der Waals surface area contributed by atoms with Crippen molar-refractivity contribution in [3.8, 4) is 0 Å². The van der Waals surface area contributed by atoms with Gasteiger partial charge in [0.15, 0.2) is 0 Å². The molecule has 142 valence electrons. The van der Waals surface area contributed by atoms with E-state index in [0.29, 0.717) is 0 Å². The fourth-order valence-corrected chi connectivity index (χ4v) is 4.29. The van der Waals surface area contributed by atoms with Crippen molar-refractivity contribution < 1.29 is 34.8 Å². The van der Waals surface area contributed by atoms with E-state index in [2.05, 4.69) is 8.37 Å². The summed E-state index contributed by atoms with van der Waals surface area (Å²) in [6.07, 6.45) is 0.0252. The first-order chi connectivity index (χ1) is 10.8. The second kappa shape index (κ2) is 9.97. The van der Waals surface area contributed by atoms with Crippen molar-refractivity contribution in [3.63, 3.8) is 0 Å². The highest BCUT2D eigenvalue weighted by Crippen LogP contribution is 2.09. The van der Waals surface area contributed by atoms with E-state index in [1.165, 1.54) is 0 Å². The Kier molecular flexibility index (Phi) is 9.49. The summed E-state index contributed by atoms with van der Waals surface area (Å²) in [4.78, 5) is 22.8. The van der Waals surface area contributed by atoms with Crippen LogP contribution in [-0.2, 0) is 38.2 Å². The third-order valence-corrected chi connectivity index (χ3v) is 5.56. The van der Waals surface area contributed by atoms with Crippen molar-refractivity contribution >= 4 is 32.2 Å². The molecule has 0 bridgehead atoms.